The van der Waals surface area contributed by atoms with Crippen LogP contribution in [-0.4, -0.2) is 35.1 Å². The van der Waals surface area contributed by atoms with Crippen LogP contribution in [0.4, 0.5) is 18.9 Å². The van der Waals surface area contributed by atoms with E-state index in [9.17, 15) is 28.4 Å². The minimum atomic E-state index is -4.46. The van der Waals surface area contributed by atoms with Crippen LogP contribution in [0.1, 0.15) is 28.2 Å². The second-order valence-electron chi connectivity index (χ2n) is 6.48. The molecule has 1 aliphatic rings. The highest BCUT2D eigenvalue weighted by molar-refractivity contribution is 5.54. The predicted octanol–water partition coefficient (Wildman–Crippen LogP) is 3.94. The van der Waals surface area contributed by atoms with E-state index >= 15 is 0 Å². The van der Waals surface area contributed by atoms with Crippen molar-refractivity contribution in [1.29, 1.82) is 0 Å². The molecule has 1 atom stereocenters. The topological polar surface area (TPSA) is 66.6 Å². The van der Waals surface area contributed by atoms with Gasteiger partial charge in [-0.1, -0.05) is 18.2 Å². The first-order valence-corrected chi connectivity index (χ1v) is 8.02. The number of hydrogen-bond acceptors (Lipinski definition) is 4. The summed E-state index contributed by atoms with van der Waals surface area (Å²) < 4.78 is 39.2. The van der Waals surface area contributed by atoms with Crippen molar-refractivity contribution in [3.8, 4) is 5.75 Å². The van der Waals surface area contributed by atoms with Crippen LogP contribution in [0.25, 0.3) is 0 Å². The van der Waals surface area contributed by atoms with Gasteiger partial charge in [-0.3, -0.25) is 10.1 Å². The van der Waals surface area contributed by atoms with Crippen molar-refractivity contribution in [2.75, 3.05) is 20.1 Å². The van der Waals surface area contributed by atoms with Crippen molar-refractivity contribution in [3.63, 3.8) is 0 Å². The molecule has 1 heterocycles. The molecule has 2 aromatic rings. The van der Waals surface area contributed by atoms with Crippen molar-refractivity contribution in [1.82, 2.24) is 4.90 Å². The molecule has 0 bridgehead atoms. The van der Waals surface area contributed by atoms with Gasteiger partial charge in [0, 0.05) is 25.1 Å². The normalized spacial score (nSPS) is 18.2. The molecule has 0 aliphatic carbocycles. The van der Waals surface area contributed by atoms with Crippen LogP contribution in [0, 0.1) is 10.1 Å². The number of halogens is 3. The molecule has 0 fully saturated rings. The van der Waals surface area contributed by atoms with Gasteiger partial charge in [0.1, 0.15) is 0 Å². The van der Waals surface area contributed by atoms with Crippen molar-refractivity contribution in [3.05, 3.63) is 68.8 Å². The molecular weight excluding hydrogens is 349 g/mol. The van der Waals surface area contributed by atoms with Crippen LogP contribution in [-0.2, 0) is 12.6 Å². The van der Waals surface area contributed by atoms with Crippen LogP contribution >= 0.6 is 0 Å². The number of hydrogen-bond donors (Lipinski definition) is 1. The predicted molar refractivity (Wildman–Crippen MR) is 89.2 cm³/mol. The van der Waals surface area contributed by atoms with Crippen LogP contribution in [0.3, 0.4) is 0 Å². The Bertz CT molecular complexity index is 852. The van der Waals surface area contributed by atoms with E-state index in [1.807, 2.05) is 11.9 Å². The molecule has 1 N–H and O–H groups in total. The van der Waals surface area contributed by atoms with Gasteiger partial charge in [-0.2, -0.15) is 13.2 Å². The maximum absolute atomic E-state index is 13.1. The van der Waals surface area contributed by atoms with E-state index in [2.05, 4.69) is 0 Å². The number of alkyl halides is 3. The fourth-order valence-corrected chi connectivity index (χ4v) is 3.35. The third kappa shape index (κ3) is 3.50. The number of fused-ring (bicyclic) bond motifs is 1. The van der Waals surface area contributed by atoms with Gasteiger partial charge in [0.15, 0.2) is 5.75 Å². The first-order chi connectivity index (χ1) is 12.2. The lowest BCUT2D eigenvalue weighted by Crippen LogP contribution is -2.24. The van der Waals surface area contributed by atoms with Gasteiger partial charge in [-0.25, -0.2) is 0 Å². The molecule has 3 rings (SSSR count). The molecular formula is C18H17F3N2O3. The van der Waals surface area contributed by atoms with Crippen molar-refractivity contribution in [2.24, 2.45) is 0 Å². The Morgan fingerprint density at radius 1 is 1.27 bits per heavy atom. The number of phenols is 1. The number of benzene rings is 2. The van der Waals surface area contributed by atoms with E-state index in [1.54, 1.807) is 6.07 Å². The molecule has 0 saturated heterocycles. The number of rotatable bonds is 2. The van der Waals surface area contributed by atoms with Crippen LogP contribution in [0.15, 0.2) is 36.4 Å². The van der Waals surface area contributed by atoms with Crippen LogP contribution in [0.2, 0.25) is 0 Å². The standard InChI is InChI=1S/C18H17F3N2O3/c1-22-6-5-12-8-17(24)16(23(25)26)9-14(12)15(10-22)11-3-2-4-13(7-11)18(19,20)21/h2-4,7-9,15,24H,5-6,10H2,1H3. The van der Waals surface area contributed by atoms with Gasteiger partial charge in [0.05, 0.1) is 10.5 Å². The monoisotopic (exact) mass is 366 g/mol. The molecule has 5 nitrogen and oxygen atoms in total. The zero-order chi connectivity index (χ0) is 19.1. The molecule has 138 valence electrons. The molecule has 0 saturated carbocycles. The molecule has 1 aliphatic heterocycles. The third-order valence-electron chi connectivity index (χ3n) is 4.68. The van der Waals surface area contributed by atoms with E-state index in [-0.39, 0.29) is 0 Å². The average molecular weight is 366 g/mol. The summed E-state index contributed by atoms with van der Waals surface area (Å²) >= 11 is 0. The Balaban J connectivity index is 2.16. The second kappa shape index (κ2) is 6.60. The summed E-state index contributed by atoms with van der Waals surface area (Å²) in [7, 11) is 1.85. The molecule has 0 spiro atoms. The lowest BCUT2D eigenvalue weighted by Gasteiger charge is -2.23. The van der Waals surface area contributed by atoms with Gasteiger partial charge in [-0.15, -0.1) is 0 Å². The van der Waals surface area contributed by atoms with Crippen molar-refractivity contribution >= 4 is 5.69 Å². The molecule has 1 unspecified atom stereocenters. The Kier molecular flexibility index (Phi) is 4.62. The zero-order valence-corrected chi connectivity index (χ0v) is 14.0. The fourth-order valence-electron chi connectivity index (χ4n) is 3.35. The van der Waals surface area contributed by atoms with Gasteiger partial charge in [0.2, 0.25) is 0 Å². The summed E-state index contributed by atoms with van der Waals surface area (Å²) in [5.74, 6) is -0.889. The zero-order valence-electron chi connectivity index (χ0n) is 14.0. The molecule has 0 radical (unpaired) electrons. The van der Waals surface area contributed by atoms with Crippen molar-refractivity contribution < 1.29 is 23.2 Å². The number of nitro groups is 1. The van der Waals surface area contributed by atoms with Gasteiger partial charge in [-0.05, 0) is 42.3 Å². The number of phenolic OH excluding ortho intramolecular Hbond substituents is 1. The number of likely N-dealkylation sites (N-methyl/N-ethyl adjacent to an activating group) is 1. The summed E-state index contributed by atoms with van der Waals surface area (Å²) in [6.07, 6.45) is -3.91. The summed E-state index contributed by atoms with van der Waals surface area (Å²) in [5.41, 5.74) is 0.537. The molecule has 26 heavy (non-hydrogen) atoms. The highest BCUT2D eigenvalue weighted by Gasteiger charge is 2.32. The Labute approximate surface area is 147 Å². The Morgan fingerprint density at radius 2 is 2.00 bits per heavy atom. The van der Waals surface area contributed by atoms with E-state index in [0.717, 1.165) is 12.1 Å². The first kappa shape index (κ1) is 18.2. The molecule has 0 aromatic heterocycles. The Morgan fingerprint density at radius 3 is 2.65 bits per heavy atom. The summed E-state index contributed by atoms with van der Waals surface area (Å²) in [4.78, 5) is 12.5. The number of aromatic hydroxyl groups is 1. The minimum absolute atomic E-state index is 0.427. The minimum Gasteiger partial charge on any atom is -0.502 e. The SMILES string of the molecule is CN1CCc2cc(O)c([N+](=O)[O-])cc2C(c2cccc(C(F)(F)F)c2)C1. The third-order valence-corrected chi connectivity index (χ3v) is 4.68. The van der Waals surface area contributed by atoms with Crippen molar-refractivity contribution in [2.45, 2.75) is 18.5 Å². The smallest absolute Gasteiger partial charge is 0.416 e. The van der Waals surface area contributed by atoms with Gasteiger partial charge in [0.25, 0.3) is 0 Å². The lowest BCUT2D eigenvalue weighted by molar-refractivity contribution is -0.385. The molecule has 8 heteroatoms. The van der Waals surface area contributed by atoms with E-state index in [1.165, 1.54) is 18.2 Å². The Hall–Kier alpha value is -2.61. The van der Waals surface area contributed by atoms with E-state index < -0.39 is 34.0 Å². The quantitative estimate of drug-likeness (QED) is 0.646. The van der Waals surface area contributed by atoms with Gasteiger partial charge >= 0.3 is 11.9 Å². The largest absolute Gasteiger partial charge is 0.502 e. The summed E-state index contributed by atoms with van der Waals surface area (Å²) in [6, 6.07) is 7.68. The van der Waals surface area contributed by atoms with Gasteiger partial charge < -0.3 is 10.0 Å². The highest BCUT2D eigenvalue weighted by Crippen LogP contribution is 2.39. The fraction of sp³-hybridized carbons (Fsp3) is 0.333. The highest BCUT2D eigenvalue weighted by atomic mass is 19.4. The van der Waals surface area contributed by atoms with E-state index in [4.69, 9.17) is 0 Å². The lowest BCUT2D eigenvalue weighted by atomic mass is 9.86. The van der Waals surface area contributed by atoms with E-state index in [0.29, 0.717) is 36.2 Å². The van der Waals surface area contributed by atoms with Crippen LogP contribution < -0.4 is 0 Å². The molecule has 2 aromatic carbocycles. The number of nitrogens with zero attached hydrogens (tertiary/aromatic N) is 2. The summed E-state index contributed by atoms with van der Waals surface area (Å²) in [6.45, 7) is 1.07. The maximum atomic E-state index is 13.1. The second-order valence-corrected chi connectivity index (χ2v) is 6.48. The summed E-state index contributed by atoms with van der Waals surface area (Å²) in [5, 5.41) is 21.1. The molecule has 0 amide bonds. The average Bonchev–Trinajstić information content (AvgIpc) is 2.72. The first-order valence-electron chi connectivity index (χ1n) is 8.02. The van der Waals surface area contributed by atoms with Crippen LogP contribution in [0.5, 0.6) is 5.75 Å². The number of nitro benzene ring substituents is 1. The maximum Gasteiger partial charge on any atom is 0.416 e.